The van der Waals surface area contributed by atoms with Crippen molar-refractivity contribution in [2.24, 2.45) is 0 Å². The van der Waals surface area contributed by atoms with E-state index in [1.165, 1.54) is 0 Å². The zero-order valence-corrected chi connectivity index (χ0v) is 11.0. The predicted molar refractivity (Wildman–Crippen MR) is 74.1 cm³/mol. The molecular formula is C14H6Cl2O3. The van der Waals surface area contributed by atoms with Crippen LogP contribution in [0.5, 0.6) is 0 Å². The molecule has 0 spiro atoms. The highest BCUT2D eigenvalue weighted by atomic mass is 35.5. The van der Waals surface area contributed by atoms with E-state index in [-0.39, 0.29) is 0 Å². The standard InChI is InChI=1S/C14H6Cl2O3/c15-13(17)7-2-4-11-10(5-7)9-3-1-8(14(16)18)6-12(9)19-11/h1-6H. The van der Waals surface area contributed by atoms with Gasteiger partial charge in [-0.3, -0.25) is 9.59 Å². The Morgan fingerprint density at radius 1 is 0.789 bits per heavy atom. The number of carbonyl (C=O) groups excluding carboxylic acids is 2. The maximum absolute atomic E-state index is 11.2. The lowest BCUT2D eigenvalue weighted by Crippen LogP contribution is -1.87. The molecule has 0 unspecified atom stereocenters. The predicted octanol–water partition coefficient (Wildman–Crippen LogP) is 4.34. The Labute approximate surface area is 117 Å². The summed E-state index contributed by atoms with van der Waals surface area (Å²) < 4.78 is 5.61. The first kappa shape index (κ1) is 12.2. The number of hydrogen-bond donors (Lipinski definition) is 0. The molecule has 0 atom stereocenters. The van der Waals surface area contributed by atoms with Gasteiger partial charge in [0, 0.05) is 21.9 Å². The molecule has 0 aliphatic rings. The Balaban J connectivity index is 2.33. The van der Waals surface area contributed by atoms with Gasteiger partial charge in [0.15, 0.2) is 0 Å². The fraction of sp³-hybridized carbons (Fsp3) is 0. The number of benzene rings is 2. The van der Waals surface area contributed by atoms with Crippen molar-refractivity contribution in [2.75, 3.05) is 0 Å². The van der Waals surface area contributed by atoms with Crippen LogP contribution in [0.2, 0.25) is 0 Å². The third-order valence-corrected chi connectivity index (χ3v) is 3.36. The van der Waals surface area contributed by atoms with Crippen LogP contribution < -0.4 is 0 Å². The van der Waals surface area contributed by atoms with Gasteiger partial charge in [-0.2, -0.15) is 0 Å². The van der Waals surface area contributed by atoms with Gasteiger partial charge in [0.05, 0.1) is 0 Å². The maximum atomic E-state index is 11.2. The van der Waals surface area contributed by atoms with Crippen molar-refractivity contribution in [1.82, 2.24) is 0 Å². The molecule has 0 N–H and O–H groups in total. The third kappa shape index (κ3) is 2.01. The van der Waals surface area contributed by atoms with Crippen LogP contribution in [0.15, 0.2) is 40.8 Å². The minimum atomic E-state index is -0.543. The van der Waals surface area contributed by atoms with Gasteiger partial charge in [0.2, 0.25) is 0 Å². The highest BCUT2D eigenvalue weighted by Crippen LogP contribution is 2.30. The van der Waals surface area contributed by atoms with Crippen molar-refractivity contribution in [3.05, 3.63) is 47.5 Å². The quantitative estimate of drug-likeness (QED) is 0.660. The molecule has 0 aliphatic carbocycles. The lowest BCUT2D eigenvalue weighted by atomic mass is 10.1. The second-order valence-corrected chi connectivity index (χ2v) is 4.76. The van der Waals surface area contributed by atoms with Crippen molar-refractivity contribution in [1.29, 1.82) is 0 Å². The van der Waals surface area contributed by atoms with Crippen LogP contribution in [-0.4, -0.2) is 10.5 Å². The average Bonchev–Trinajstić information content (AvgIpc) is 2.74. The van der Waals surface area contributed by atoms with Gasteiger partial charge in [-0.15, -0.1) is 0 Å². The van der Waals surface area contributed by atoms with Gasteiger partial charge in [0.25, 0.3) is 10.5 Å². The lowest BCUT2D eigenvalue weighted by Gasteiger charge is -1.94. The molecule has 5 heteroatoms. The van der Waals surface area contributed by atoms with Crippen molar-refractivity contribution < 1.29 is 14.0 Å². The summed E-state index contributed by atoms with van der Waals surface area (Å²) >= 11 is 10.9. The number of furan rings is 1. The summed E-state index contributed by atoms with van der Waals surface area (Å²) in [6, 6.07) is 9.85. The number of rotatable bonds is 2. The van der Waals surface area contributed by atoms with Gasteiger partial charge in [-0.25, -0.2) is 0 Å². The largest absolute Gasteiger partial charge is 0.456 e. The molecule has 0 radical (unpaired) electrons. The first-order valence-corrected chi connectivity index (χ1v) is 6.18. The van der Waals surface area contributed by atoms with E-state index in [1.807, 2.05) is 0 Å². The van der Waals surface area contributed by atoms with Crippen LogP contribution in [0, 0.1) is 0 Å². The zero-order chi connectivity index (χ0) is 13.6. The van der Waals surface area contributed by atoms with E-state index < -0.39 is 10.5 Å². The molecule has 0 bridgehead atoms. The summed E-state index contributed by atoms with van der Waals surface area (Å²) in [5.74, 6) is 0. The Hall–Kier alpha value is -1.84. The first-order valence-electron chi connectivity index (χ1n) is 5.42. The number of halogens is 2. The van der Waals surface area contributed by atoms with Crippen LogP contribution in [-0.2, 0) is 0 Å². The van der Waals surface area contributed by atoms with Gasteiger partial charge >= 0.3 is 0 Å². The molecule has 0 aliphatic heterocycles. The van der Waals surface area contributed by atoms with Crippen molar-refractivity contribution in [3.63, 3.8) is 0 Å². The summed E-state index contributed by atoms with van der Waals surface area (Å²) in [6.45, 7) is 0. The van der Waals surface area contributed by atoms with E-state index in [4.69, 9.17) is 27.6 Å². The van der Waals surface area contributed by atoms with E-state index >= 15 is 0 Å². The van der Waals surface area contributed by atoms with Gasteiger partial charge < -0.3 is 4.42 Å². The monoisotopic (exact) mass is 292 g/mol. The van der Waals surface area contributed by atoms with E-state index in [1.54, 1.807) is 36.4 Å². The molecule has 19 heavy (non-hydrogen) atoms. The summed E-state index contributed by atoms with van der Waals surface area (Å²) in [5.41, 5.74) is 1.92. The van der Waals surface area contributed by atoms with Crippen molar-refractivity contribution >= 4 is 55.6 Å². The molecule has 94 valence electrons. The summed E-state index contributed by atoms with van der Waals surface area (Å²) in [4.78, 5) is 22.3. The molecule has 0 fully saturated rings. The summed E-state index contributed by atoms with van der Waals surface area (Å²) in [6.07, 6.45) is 0. The van der Waals surface area contributed by atoms with Gasteiger partial charge in [-0.05, 0) is 59.6 Å². The number of fused-ring (bicyclic) bond motifs is 3. The second kappa shape index (κ2) is 4.37. The van der Waals surface area contributed by atoms with Crippen LogP contribution in [0.25, 0.3) is 21.9 Å². The molecule has 0 saturated heterocycles. The highest BCUT2D eigenvalue weighted by molar-refractivity contribution is 6.68. The lowest BCUT2D eigenvalue weighted by molar-refractivity contribution is 0.107. The molecular weight excluding hydrogens is 287 g/mol. The minimum Gasteiger partial charge on any atom is -0.456 e. The molecule has 3 rings (SSSR count). The van der Waals surface area contributed by atoms with Crippen molar-refractivity contribution in [2.45, 2.75) is 0 Å². The third-order valence-electron chi connectivity index (χ3n) is 2.93. The topological polar surface area (TPSA) is 47.3 Å². The summed E-state index contributed by atoms with van der Waals surface area (Å²) in [7, 11) is 0. The maximum Gasteiger partial charge on any atom is 0.252 e. The number of hydrogen-bond acceptors (Lipinski definition) is 3. The molecule has 0 saturated carbocycles. The van der Waals surface area contributed by atoms with Gasteiger partial charge in [0.1, 0.15) is 11.2 Å². The molecule has 2 aromatic carbocycles. The first-order chi connectivity index (χ1) is 9.06. The van der Waals surface area contributed by atoms with Crippen LogP contribution in [0.1, 0.15) is 20.7 Å². The fourth-order valence-corrected chi connectivity index (χ4v) is 2.26. The number of carbonyl (C=O) groups is 2. The zero-order valence-electron chi connectivity index (χ0n) is 9.44. The minimum absolute atomic E-state index is 0.363. The smallest absolute Gasteiger partial charge is 0.252 e. The SMILES string of the molecule is O=C(Cl)c1ccc2c(c1)oc1ccc(C(=O)Cl)cc12. The van der Waals surface area contributed by atoms with Crippen LogP contribution >= 0.6 is 23.2 Å². The molecule has 3 nitrogen and oxygen atoms in total. The highest BCUT2D eigenvalue weighted by Gasteiger charge is 2.12. The normalized spacial score (nSPS) is 11.1. The second-order valence-electron chi connectivity index (χ2n) is 4.07. The molecule has 1 heterocycles. The van der Waals surface area contributed by atoms with E-state index in [0.717, 1.165) is 10.8 Å². The van der Waals surface area contributed by atoms with E-state index in [9.17, 15) is 9.59 Å². The van der Waals surface area contributed by atoms with Crippen LogP contribution in [0.4, 0.5) is 0 Å². The Morgan fingerprint density at radius 3 is 2.11 bits per heavy atom. The molecule has 0 amide bonds. The molecule has 1 aromatic heterocycles. The Morgan fingerprint density at radius 2 is 1.42 bits per heavy atom. The van der Waals surface area contributed by atoms with E-state index in [2.05, 4.69) is 0 Å². The van der Waals surface area contributed by atoms with E-state index in [0.29, 0.717) is 22.3 Å². The fourth-order valence-electron chi connectivity index (χ4n) is 2.02. The Bertz CT molecular complexity index is 833. The van der Waals surface area contributed by atoms with Gasteiger partial charge in [-0.1, -0.05) is 0 Å². The van der Waals surface area contributed by atoms with Crippen LogP contribution in [0.3, 0.4) is 0 Å². The van der Waals surface area contributed by atoms with Crippen molar-refractivity contribution in [3.8, 4) is 0 Å². The Kier molecular flexibility index (Phi) is 2.81. The molecule has 3 aromatic rings. The summed E-state index contributed by atoms with van der Waals surface area (Å²) in [5, 5.41) is 0.509. The average molecular weight is 293 g/mol.